The van der Waals surface area contributed by atoms with Gasteiger partial charge in [-0.1, -0.05) is 6.08 Å². The average Bonchev–Trinajstić information content (AvgIpc) is 1.82. The van der Waals surface area contributed by atoms with E-state index in [-0.39, 0.29) is 4.48 Å². The Morgan fingerprint density at radius 1 is 1.31 bits per heavy atom. The van der Waals surface area contributed by atoms with Gasteiger partial charge in [0.2, 0.25) is 5.78 Å². The number of carbonyl (C=O) groups excluding carboxylic acids is 2. The smallest absolute Gasteiger partial charge is 0.218 e. The first-order chi connectivity index (χ1) is 5.80. The zero-order chi connectivity index (χ0) is 10.6. The van der Waals surface area contributed by atoms with Crippen LogP contribution in [0.15, 0.2) is 12.2 Å². The molecule has 1 unspecified atom stereocenters. The van der Waals surface area contributed by atoms with E-state index in [2.05, 4.69) is 0 Å². The predicted molar refractivity (Wildman–Crippen MR) is 46.6 cm³/mol. The van der Waals surface area contributed by atoms with Crippen molar-refractivity contribution in [3.05, 3.63) is 12.2 Å². The number of allylic oxidation sites excluding steroid dienone is 1. The molecule has 0 fully saturated rings. The van der Waals surface area contributed by atoms with Crippen molar-refractivity contribution in [3.8, 4) is 0 Å². The second kappa shape index (κ2) is 4.18. The topological polar surface area (TPSA) is 57.2 Å². The first kappa shape index (κ1) is 11.8. The molecule has 0 N–H and O–H groups in total. The number of nitrogens with zero attached hydrogens (tertiary/aromatic N) is 1. The van der Waals surface area contributed by atoms with Gasteiger partial charge >= 0.3 is 0 Å². The number of carbonyl (C=O) groups is 2. The summed E-state index contributed by atoms with van der Waals surface area (Å²) >= 11 is 0. The molecule has 1 atom stereocenters. The van der Waals surface area contributed by atoms with Gasteiger partial charge < -0.3 is 14.4 Å². The van der Waals surface area contributed by atoms with E-state index in [1.807, 2.05) is 0 Å². The van der Waals surface area contributed by atoms with Crippen molar-refractivity contribution in [2.24, 2.45) is 0 Å². The van der Waals surface area contributed by atoms with E-state index in [9.17, 15) is 14.7 Å². The second-order valence-corrected chi connectivity index (χ2v) is 3.74. The highest BCUT2D eigenvalue weighted by Gasteiger charge is 2.30. The first-order valence-corrected chi connectivity index (χ1v) is 3.99. The molecule has 0 saturated heterocycles. The molecule has 74 valence electrons. The van der Waals surface area contributed by atoms with Crippen LogP contribution < -0.4 is 5.11 Å². The van der Waals surface area contributed by atoms with Gasteiger partial charge in [0.15, 0.2) is 6.04 Å². The minimum absolute atomic E-state index is 0.0332. The van der Waals surface area contributed by atoms with Gasteiger partial charge in [-0.25, -0.2) is 0 Å². The number of aliphatic carboxylic acids is 1. The maximum Gasteiger partial charge on any atom is 0.218 e. The maximum absolute atomic E-state index is 11.3. The van der Waals surface area contributed by atoms with Crippen LogP contribution in [0.1, 0.15) is 6.92 Å². The van der Waals surface area contributed by atoms with Crippen LogP contribution in [0.2, 0.25) is 0 Å². The van der Waals surface area contributed by atoms with Crippen LogP contribution in [0.3, 0.4) is 0 Å². The molecule has 0 aliphatic rings. The molecular formula is C9H15NO3. The van der Waals surface area contributed by atoms with E-state index in [1.54, 1.807) is 28.1 Å². The molecule has 0 saturated carbocycles. The fourth-order valence-electron chi connectivity index (χ4n) is 1.07. The fraction of sp³-hybridized carbons (Fsp3) is 0.556. The molecule has 0 heterocycles. The summed E-state index contributed by atoms with van der Waals surface area (Å²) in [7, 11) is 4.92. The minimum Gasteiger partial charge on any atom is -0.544 e. The second-order valence-electron chi connectivity index (χ2n) is 3.74. The van der Waals surface area contributed by atoms with E-state index in [1.165, 1.54) is 12.2 Å². The SMILES string of the molecule is C/C=C/C(=O)C(C(=O)[O-])[N+](C)(C)C. The first-order valence-electron chi connectivity index (χ1n) is 3.99. The molecule has 4 nitrogen and oxygen atoms in total. The maximum atomic E-state index is 11.3. The quantitative estimate of drug-likeness (QED) is 0.319. The summed E-state index contributed by atoms with van der Waals surface area (Å²) in [6.45, 7) is 1.67. The third-order valence-corrected chi connectivity index (χ3v) is 1.60. The van der Waals surface area contributed by atoms with Crippen molar-refractivity contribution >= 4 is 11.8 Å². The summed E-state index contributed by atoms with van der Waals surface area (Å²) in [5, 5.41) is 10.7. The Morgan fingerprint density at radius 3 is 2.00 bits per heavy atom. The summed E-state index contributed by atoms with van der Waals surface area (Å²) in [4.78, 5) is 22.0. The normalized spacial score (nSPS) is 14.5. The largest absolute Gasteiger partial charge is 0.544 e. The molecular weight excluding hydrogens is 170 g/mol. The molecule has 0 rings (SSSR count). The van der Waals surface area contributed by atoms with E-state index >= 15 is 0 Å². The Morgan fingerprint density at radius 2 is 1.77 bits per heavy atom. The van der Waals surface area contributed by atoms with Crippen LogP contribution >= 0.6 is 0 Å². The number of ketones is 1. The van der Waals surface area contributed by atoms with Gasteiger partial charge in [-0.05, 0) is 13.0 Å². The van der Waals surface area contributed by atoms with Crippen molar-refractivity contribution < 1.29 is 19.2 Å². The predicted octanol–water partition coefficient (Wildman–Crippen LogP) is -1.04. The van der Waals surface area contributed by atoms with E-state index in [0.717, 1.165) is 0 Å². The van der Waals surface area contributed by atoms with Gasteiger partial charge in [0, 0.05) is 0 Å². The zero-order valence-corrected chi connectivity index (χ0v) is 8.40. The lowest BCUT2D eigenvalue weighted by Crippen LogP contribution is -2.58. The molecule has 4 heteroatoms. The highest BCUT2D eigenvalue weighted by molar-refractivity contribution is 6.06. The van der Waals surface area contributed by atoms with Crippen molar-refractivity contribution in [1.82, 2.24) is 0 Å². The Hall–Kier alpha value is -1.16. The molecule has 0 bridgehead atoms. The van der Waals surface area contributed by atoms with Crippen LogP contribution in [-0.2, 0) is 9.59 Å². The lowest BCUT2D eigenvalue weighted by atomic mass is 10.1. The number of likely N-dealkylation sites (N-methyl/N-ethyl adjacent to an activating group) is 1. The van der Waals surface area contributed by atoms with Crippen molar-refractivity contribution in [2.45, 2.75) is 13.0 Å². The molecule has 0 aromatic carbocycles. The number of rotatable bonds is 4. The fourth-order valence-corrected chi connectivity index (χ4v) is 1.07. The molecule has 0 radical (unpaired) electrons. The van der Waals surface area contributed by atoms with Crippen molar-refractivity contribution in [1.29, 1.82) is 0 Å². The van der Waals surface area contributed by atoms with Gasteiger partial charge in [0.1, 0.15) is 5.97 Å². The summed E-state index contributed by atoms with van der Waals surface area (Å²) < 4.78 is 0.0332. The highest BCUT2D eigenvalue weighted by atomic mass is 16.4. The average molecular weight is 185 g/mol. The number of hydrogen-bond acceptors (Lipinski definition) is 3. The summed E-state index contributed by atoms with van der Waals surface area (Å²) in [5.74, 6) is -1.77. The Kier molecular flexibility index (Phi) is 3.81. The minimum atomic E-state index is -1.34. The molecule has 0 aliphatic carbocycles. The molecule has 13 heavy (non-hydrogen) atoms. The van der Waals surface area contributed by atoms with Crippen LogP contribution in [0.5, 0.6) is 0 Å². The lowest BCUT2D eigenvalue weighted by molar-refractivity contribution is -0.879. The van der Waals surface area contributed by atoms with E-state index in [4.69, 9.17) is 0 Å². The van der Waals surface area contributed by atoms with E-state index < -0.39 is 17.8 Å². The Balaban J connectivity index is 4.83. The van der Waals surface area contributed by atoms with Crippen LogP contribution in [-0.4, -0.2) is 43.4 Å². The number of carboxylic acid groups (broad SMARTS) is 1. The van der Waals surface area contributed by atoms with Gasteiger partial charge in [-0.15, -0.1) is 0 Å². The molecule has 0 aliphatic heterocycles. The van der Waals surface area contributed by atoms with Crippen LogP contribution in [0, 0.1) is 0 Å². The monoisotopic (exact) mass is 185 g/mol. The highest BCUT2D eigenvalue weighted by Crippen LogP contribution is 2.04. The number of hydrogen-bond donors (Lipinski definition) is 0. The van der Waals surface area contributed by atoms with Crippen LogP contribution in [0.25, 0.3) is 0 Å². The molecule has 0 aromatic heterocycles. The van der Waals surface area contributed by atoms with Gasteiger partial charge in [-0.3, -0.25) is 4.79 Å². The summed E-state index contributed by atoms with van der Waals surface area (Å²) in [6, 6.07) is -1.13. The molecule has 0 aromatic rings. The van der Waals surface area contributed by atoms with Gasteiger partial charge in [0.05, 0.1) is 21.1 Å². The van der Waals surface area contributed by atoms with Crippen LogP contribution in [0.4, 0.5) is 0 Å². The summed E-state index contributed by atoms with van der Waals surface area (Å²) in [5.41, 5.74) is 0. The van der Waals surface area contributed by atoms with Gasteiger partial charge in [-0.2, -0.15) is 0 Å². The Bertz CT molecular complexity index is 238. The Labute approximate surface area is 78.1 Å². The standard InChI is InChI=1S/C9H15NO3/c1-5-6-7(11)8(9(12)13)10(2,3)4/h5-6,8H,1-4H3/b6-5+. The molecule has 0 amide bonds. The summed E-state index contributed by atoms with van der Waals surface area (Å²) in [6.07, 6.45) is 2.78. The number of carboxylic acids is 1. The van der Waals surface area contributed by atoms with Gasteiger partial charge in [0.25, 0.3) is 0 Å². The van der Waals surface area contributed by atoms with Crippen molar-refractivity contribution in [3.63, 3.8) is 0 Å². The third kappa shape index (κ3) is 3.38. The lowest BCUT2D eigenvalue weighted by Gasteiger charge is -2.32. The third-order valence-electron chi connectivity index (χ3n) is 1.60. The van der Waals surface area contributed by atoms with E-state index in [0.29, 0.717) is 0 Å². The molecule has 0 spiro atoms. The zero-order valence-electron chi connectivity index (χ0n) is 8.40. The van der Waals surface area contributed by atoms with Crippen molar-refractivity contribution in [2.75, 3.05) is 21.1 Å². The number of quaternary nitrogens is 1.